The lowest BCUT2D eigenvalue weighted by atomic mass is 10.0. The quantitative estimate of drug-likeness (QED) is 0.571. The zero-order valence-corrected chi connectivity index (χ0v) is 15.4. The average Bonchev–Trinajstić information content (AvgIpc) is 3.25. The van der Waals surface area contributed by atoms with Gasteiger partial charge in [-0.25, -0.2) is 4.79 Å². The van der Waals surface area contributed by atoms with Crippen LogP contribution in [0.15, 0.2) is 41.1 Å². The molecule has 0 radical (unpaired) electrons. The highest BCUT2D eigenvalue weighted by molar-refractivity contribution is 6.22. The van der Waals surface area contributed by atoms with E-state index in [4.69, 9.17) is 4.74 Å². The molecule has 1 aromatic heterocycles. The van der Waals surface area contributed by atoms with Crippen molar-refractivity contribution in [1.82, 2.24) is 10.1 Å². The zero-order valence-electron chi connectivity index (χ0n) is 15.4. The number of nitrogens with zero attached hydrogens (tertiary/aromatic N) is 2. The second-order valence-electron chi connectivity index (χ2n) is 6.71. The summed E-state index contributed by atoms with van der Waals surface area (Å²) in [5.41, 5.74) is 0.496. The van der Waals surface area contributed by atoms with Crippen LogP contribution in [0.3, 0.4) is 0 Å². The molecule has 1 aliphatic heterocycles. The Morgan fingerprint density at radius 2 is 1.79 bits per heavy atom. The first-order chi connectivity index (χ1) is 13.4. The number of nitrogens with one attached hydrogen (secondary N) is 1. The minimum absolute atomic E-state index is 0.00539. The average molecular weight is 385 g/mol. The number of imide groups is 1. The van der Waals surface area contributed by atoms with E-state index in [0.29, 0.717) is 0 Å². The highest BCUT2D eigenvalue weighted by Crippen LogP contribution is 2.27. The smallest absolute Gasteiger partial charge is 0.329 e. The number of carbonyl (C=O) groups excluding carboxylic acids is 4. The maximum atomic E-state index is 12.7. The van der Waals surface area contributed by atoms with Gasteiger partial charge in [-0.1, -0.05) is 31.1 Å². The van der Waals surface area contributed by atoms with Crippen molar-refractivity contribution in [2.75, 3.05) is 11.9 Å². The first-order valence-electron chi connectivity index (χ1n) is 8.72. The standard InChI is InChI=1S/C19H19N3O6/c1-11(2)9-14(19(26)27-10-16(23)20-15-7-8-28-21-15)22-17(24)12-5-3-4-6-13(12)18(22)25/h3-8,11,14H,9-10H2,1-2H3,(H,20,21,23). The van der Waals surface area contributed by atoms with Crippen molar-refractivity contribution in [2.24, 2.45) is 5.92 Å². The van der Waals surface area contributed by atoms with E-state index < -0.39 is 36.3 Å². The summed E-state index contributed by atoms with van der Waals surface area (Å²) >= 11 is 0. The summed E-state index contributed by atoms with van der Waals surface area (Å²) in [6.07, 6.45) is 1.50. The fourth-order valence-corrected chi connectivity index (χ4v) is 2.93. The Balaban J connectivity index is 1.71. The molecule has 0 aliphatic carbocycles. The fourth-order valence-electron chi connectivity index (χ4n) is 2.93. The van der Waals surface area contributed by atoms with Gasteiger partial charge in [0.15, 0.2) is 12.4 Å². The maximum absolute atomic E-state index is 12.7. The molecular weight excluding hydrogens is 366 g/mol. The molecule has 9 nitrogen and oxygen atoms in total. The predicted octanol–water partition coefficient (Wildman–Crippen LogP) is 1.87. The molecule has 1 unspecified atom stereocenters. The number of fused-ring (bicyclic) bond motifs is 1. The van der Waals surface area contributed by atoms with Gasteiger partial charge in [0, 0.05) is 6.07 Å². The van der Waals surface area contributed by atoms with Gasteiger partial charge in [-0.05, 0) is 24.5 Å². The van der Waals surface area contributed by atoms with Crippen molar-refractivity contribution >= 4 is 29.5 Å². The Morgan fingerprint density at radius 1 is 1.14 bits per heavy atom. The van der Waals surface area contributed by atoms with E-state index in [9.17, 15) is 19.2 Å². The van der Waals surface area contributed by atoms with Crippen LogP contribution in [-0.2, 0) is 14.3 Å². The number of rotatable bonds is 7. The van der Waals surface area contributed by atoms with E-state index in [-0.39, 0.29) is 29.3 Å². The monoisotopic (exact) mass is 385 g/mol. The molecule has 9 heteroatoms. The van der Waals surface area contributed by atoms with Crippen LogP contribution in [0.25, 0.3) is 0 Å². The third-order valence-electron chi connectivity index (χ3n) is 4.15. The minimum Gasteiger partial charge on any atom is -0.454 e. The van der Waals surface area contributed by atoms with Gasteiger partial charge in [0.2, 0.25) is 0 Å². The number of esters is 1. The number of aromatic nitrogens is 1. The number of carbonyl (C=O) groups is 4. The lowest BCUT2D eigenvalue weighted by molar-refractivity contribution is -0.151. The van der Waals surface area contributed by atoms with E-state index in [1.807, 2.05) is 13.8 Å². The number of hydrogen-bond donors (Lipinski definition) is 1. The molecule has 0 saturated heterocycles. The lowest BCUT2D eigenvalue weighted by Crippen LogP contribution is -2.46. The van der Waals surface area contributed by atoms with Crippen LogP contribution in [0.5, 0.6) is 0 Å². The normalized spacial score (nSPS) is 14.2. The molecule has 0 spiro atoms. The molecule has 0 bridgehead atoms. The summed E-state index contributed by atoms with van der Waals surface area (Å²) in [4.78, 5) is 50.8. The molecule has 2 aromatic rings. The number of hydrogen-bond acceptors (Lipinski definition) is 7. The van der Waals surface area contributed by atoms with E-state index in [2.05, 4.69) is 15.0 Å². The van der Waals surface area contributed by atoms with Crippen LogP contribution in [0.1, 0.15) is 41.0 Å². The van der Waals surface area contributed by atoms with Gasteiger partial charge >= 0.3 is 5.97 Å². The summed E-state index contributed by atoms with van der Waals surface area (Å²) in [6.45, 7) is 3.13. The van der Waals surface area contributed by atoms with Crippen molar-refractivity contribution in [1.29, 1.82) is 0 Å². The summed E-state index contributed by atoms with van der Waals surface area (Å²) in [7, 11) is 0. The molecule has 3 amide bonds. The van der Waals surface area contributed by atoms with Gasteiger partial charge in [-0.3, -0.25) is 19.3 Å². The van der Waals surface area contributed by atoms with Crippen LogP contribution in [-0.4, -0.2) is 46.4 Å². The first-order valence-corrected chi connectivity index (χ1v) is 8.72. The van der Waals surface area contributed by atoms with Gasteiger partial charge in [0.1, 0.15) is 12.3 Å². The van der Waals surface area contributed by atoms with Crippen LogP contribution in [0.2, 0.25) is 0 Å². The zero-order chi connectivity index (χ0) is 20.3. The van der Waals surface area contributed by atoms with Gasteiger partial charge in [-0.15, -0.1) is 0 Å². The summed E-state index contributed by atoms with van der Waals surface area (Å²) in [6, 6.07) is 6.69. The lowest BCUT2D eigenvalue weighted by Gasteiger charge is -2.25. The molecule has 28 heavy (non-hydrogen) atoms. The molecule has 0 saturated carbocycles. The van der Waals surface area contributed by atoms with Crippen molar-refractivity contribution in [3.05, 3.63) is 47.7 Å². The van der Waals surface area contributed by atoms with E-state index in [1.165, 1.54) is 12.3 Å². The largest absolute Gasteiger partial charge is 0.454 e. The molecular formula is C19H19N3O6. The molecule has 0 fully saturated rings. The Labute approximate surface area is 160 Å². The van der Waals surface area contributed by atoms with Crippen LogP contribution in [0, 0.1) is 5.92 Å². The van der Waals surface area contributed by atoms with Gasteiger partial charge < -0.3 is 14.6 Å². The van der Waals surface area contributed by atoms with Crippen LogP contribution < -0.4 is 5.32 Å². The number of ether oxygens (including phenoxy) is 1. The molecule has 1 N–H and O–H groups in total. The molecule has 146 valence electrons. The predicted molar refractivity (Wildman–Crippen MR) is 96.3 cm³/mol. The van der Waals surface area contributed by atoms with E-state index >= 15 is 0 Å². The molecule has 2 heterocycles. The van der Waals surface area contributed by atoms with Crippen molar-refractivity contribution < 1.29 is 28.4 Å². The Morgan fingerprint density at radius 3 is 2.32 bits per heavy atom. The summed E-state index contributed by atoms with van der Waals surface area (Å²) in [5, 5.41) is 5.91. The topological polar surface area (TPSA) is 119 Å². The number of amides is 3. The minimum atomic E-state index is -1.12. The highest BCUT2D eigenvalue weighted by Gasteiger charge is 2.43. The maximum Gasteiger partial charge on any atom is 0.329 e. The van der Waals surface area contributed by atoms with Crippen LogP contribution >= 0.6 is 0 Å². The van der Waals surface area contributed by atoms with Crippen molar-refractivity contribution in [2.45, 2.75) is 26.3 Å². The summed E-state index contributed by atoms with van der Waals surface area (Å²) in [5.74, 6) is -2.34. The van der Waals surface area contributed by atoms with Crippen LogP contribution in [0.4, 0.5) is 5.82 Å². The first kappa shape index (κ1) is 19.3. The van der Waals surface area contributed by atoms with Gasteiger partial charge in [-0.2, -0.15) is 0 Å². The third kappa shape index (κ3) is 3.93. The molecule has 1 aromatic carbocycles. The highest BCUT2D eigenvalue weighted by atomic mass is 16.5. The van der Waals surface area contributed by atoms with Crippen molar-refractivity contribution in [3.8, 4) is 0 Å². The molecule has 1 atom stereocenters. The fraction of sp³-hybridized carbons (Fsp3) is 0.316. The Hall–Kier alpha value is -3.49. The van der Waals surface area contributed by atoms with E-state index in [1.54, 1.807) is 24.3 Å². The Bertz CT molecular complexity index is 871. The van der Waals surface area contributed by atoms with E-state index in [0.717, 1.165) is 4.90 Å². The molecule has 1 aliphatic rings. The summed E-state index contributed by atoms with van der Waals surface area (Å²) < 4.78 is 9.66. The third-order valence-corrected chi connectivity index (χ3v) is 4.15. The SMILES string of the molecule is CC(C)CC(C(=O)OCC(=O)Nc1ccon1)N1C(=O)c2ccccc2C1=O. The number of anilines is 1. The second kappa shape index (κ2) is 8.03. The van der Waals surface area contributed by atoms with Gasteiger partial charge in [0.25, 0.3) is 17.7 Å². The molecule has 3 rings (SSSR count). The second-order valence-corrected chi connectivity index (χ2v) is 6.71. The van der Waals surface area contributed by atoms with Gasteiger partial charge in [0.05, 0.1) is 11.1 Å². The Kier molecular flexibility index (Phi) is 5.53. The number of benzene rings is 1. The van der Waals surface area contributed by atoms with Crippen molar-refractivity contribution in [3.63, 3.8) is 0 Å².